The van der Waals surface area contributed by atoms with Gasteiger partial charge in [0.05, 0.1) is 18.2 Å². The molecule has 0 aliphatic carbocycles. The van der Waals surface area contributed by atoms with E-state index in [0.29, 0.717) is 18.7 Å². The zero-order chi connectivity index (χ0) is 20.1. The van der Waals surface area contributed by atoms with Crippen molar-refractivity contribution in [2.24, 2.45) is 5.92 Å². The number of ether oxygens (including phenoxy) is 2. The molecule has 7 heteroatoms. The highest BCUT2D eigenvalue weighted by molar-refractivity contribution is 5.77. The Kier molecular flexibility index (Phi) is 4.73. The number of hydrogen-bond acceptors (Lipinski definition) is 5. The number of nitrogens with zero attached hydrogens (tertiary/aromatic N) is 1. The lowest BCUT2D eigenvalue weighted by atomic mass is 9.74. The Bertz CT molecular complexity index is 791. The van der Waals surface area contributed by atoms with Crippen LogP contribution in [0.4, 0.5) is 0 Å². The molecule has 2 N–H and O–H groups in total. The normalized spacial score (nSPS) is 30.0. The summed E-state index contributed by atoms with van der Waals surface area (Å²) in [6.07, 6.45) is 1.94. The van der Waals surface area contributed by atoms with E-state index in [2.05, 4.69) is 0 Å². The Hall–Kier alpha value is -2.28. The van der Waals surface area contributed by atoms with E-state index >= 15 is 0 Å². The van der Waals surface area contributed by atoms with Gasteiger partial charge in [0, 0.05) is 30.9 Å². The predicted molar refractivity (Wildman–Crippen MR) is 100 cm³/mol. The molecule has 1 amide bonds. The minimum atomic E-state index is -0.876. The quantitative estimate of drug-likeness (QED) is 0.822. The number of phenols is 1. The van der Waals surface area contributed by atoms with Crippen molar-refractivity contribution in [3.8, 4) is 11.5 Å². The van der Waals surface area contributed by atoms with Crippen LogP contribution in [-0.2, 0) is 14.3 Å². The lowest BCUT2D eigenvalue weighted by molar-refractivity contribution is -0.168. The summed E-state index contributed by atoms with van der Waals surface area (Å²) in [5.41, 5.74) is 0.330. The fraction of sp³-hybridized carbons (Fsp3) is 0.619. The second-order valence-corrected chi connectivity index (χ2v) is 8.53. The van der Waals surface area contributed by atoms with Crippen LogP contribution in [-0.4, -0.2) is 51.3 Å². The molecule has 2 fully saturated rings. The number of hydrogen-bond donors (Lipinski definition) is 2. The molecule has 4 rings (SSSR count). The van der Waals surface area contributed by atoms with Crippen molar-refractivity contribution in [1.82, 2.24) is 4.90 Å². The molecule has 152 valence electrons. The molecule has 28 heavy (non-hydrogen) atoms. The van der Waals surface area contributed by atoms with Crippen molar-refractivity contribution < 1.29 is 29.3 Å². The Labute approximate surface area is 164 Å². The Morgan fingerprint density at radius 2 is 2.07 bits per heavy atom. The average molecular weight is 389 g/mol. The number of para-hydroxylation sites is 1. The van der Waals surface area contributed by atoms with Crippen LogP contribution in [0.2, 0.25) is 0 Å². The maximum Gasteiger partial charge on any atom is 0.303 e. The average Bonchev–Trinajstić information content (AvgIpc) is 3.04. The van der Waals surface area contributed by atoms with Crippen LogP contribution in [0.25, 0.3) is 0 Å². The highest BCUT2D eigenvalue weighted by atomic mass is 16.5. The van der Waals surface area contributed by atoms with Gasteiger partial charge in [-0.05, 0) is 39.2 Å². The second-order valence-electron chi connectivity index (χ2n) is 8.53. The van der Waals surface area contributed by atoms with Crippen LogP contribution >= 0.6 is 0 Å². The number of fused-ring (bicyclic) bond motifs is 4. The molecular formula is C21H27NO6. The van der Waals surface area contributed by atoms with Gasteiger partial charge in [0.1, 0.15) is 5.60 Å². The van der Waals surface area contributed by atoms with Crippen molar-refractivity contribution >= 4 is 11.9 Å². The number of carboxylic acids is 1. The van der Waals surface area contributed by atoms with Gasteiger partial charge in [-0.2, -0.15) is 0 Å². The van der Waals surface area contributed by atoms with E-state index in [9.17, 15) is 14.7 Å². The van der Waals surface area contributed by atoms with E-state index in [-0.39, 0.29) is 48.7 Å². The number of carbonyl (C=O) groups is 2. The largest absolute Gasteiger partial charge is 0.504 e. The minimum absolute atomic E-state index is 0.00313. The lowest BCUT2D eigenvalue weighted by Gasteiger charge is -2.50. The first-order valence-corrected chi connectivity index (χ1v) is 9.95. The summed E-state index contributed by atoms with van der Waals surface area (Å²) in [7, 11) is 0. The third-order valence-corrected chi connectivity index (χ3v) is 6.36. The third-order valence-electron chi connectivity index (χ3n) is 6.36. The van der Waals surface area contributed by atoms with Gasteiger partial charge in [0.15, 0.2) is 11.5 Å². The summed E-state index contributed by atoms with van der Waals surface area (Å²) in [5.74, 6) is -0.207. The molecule has 1 aromatic rings. The summed E-state index contributed by atoms with van der Waals surface area (Å²) in [6, 6.07) is 5.34. The van der Waals surface area contributed by atoms with Gasteiger partial charge >= 0.3 is 5.97 Å². The molecule has 3 heterocycles. The lowest BCUT2D eigenvalue weighted by Crippen LogP contribution is -2.54. The number of rotatable bonds is 4. The van der Waals surface area contributed by atoms with Crippen molar-refractivity contribution in [2.45, 2.75) is 69.8 Å². The van der Waals surface area contributed by atoms with E-state index in [1.807, 2.05) is 24.8 Å². The van der Waals surface area contributed by atoms with Crippen molar-refractivity contribution in [3.05, 3.63) is 23.8 Å². The first kappa shape index (κ1) is 19.1. The number of aliphatic carboxylic acids is 1. The summed E-state index contributed by atoms with van der Waals surface area (Å²) in [5, 5.41) is 19.0. The Morgan fingerprint density at radius 3 is 2.82 bits per heavy atom. The van der Waals surface area contributed by atoms with Crippen molar-refractivity contribution in [3.63, 3.8) is 0 Å². The molecule has 2 saturated heterocycles. The molecule has 4 atom stereocenters. The zero-order valence-electron chi connectivity index (χ0n) is 16.3. The SMILES string of the molecule is CC1(C)Oc2c(O)cccc2[C@@H]2O[C@@H]3CCN(C(=O)CCCC(=O)O)[C@@H]3C[C@H]21. The zero-order valence-corrected chi connectivity index (χ0v) is 16.3. The minimum Gasteiger partial charge on any atom is -0.504 e. The van der Waals surface area contributed by atoms with E-state index in [1.54, 1.807) is 12.1 Å². The molecule has 0 radical (unpaired) electrons. The highest BCUT2D eigenvalue weighted by Crippen LogP contribution is 2.54. The van der Waals surface area contributed by atoms with Crippen LogP contribution in [0, 0.1) is 5.92 Å². The molecule has 3 aliphatic rings. The van der Waals surface area contributed by atoms with E-state index < -0.39 is 11.6 Å². The van der Waals surface area contributed by atoms with Crippen LogP contribution in [0.1, 0.15) is 57.6 Å². The van der Waals surface area contributed by atoms with Gasteiger partial charge in [-0.1, -0.05) is 12.1 Å². The fourth-order valence-corrected chi connectivity index (χ4v) is 4.93. The number of aromatic hydroxyl groups is 1. The van der Waals surface area contributed by atoms with Gasteiger partial charge in [0.2, 0.25) is 5.91 Å². The van der Waals surface area contributed by atoms with Crippen LogP contribution < -0.4 is 4.74 Å². The standard InChI is InChI=1S/C21H27NO6/c1-21(2)13-11-14-16(9-10-22(14)17(24)7-4-8-18(25)26)27-19(13)12-5-3-6-15(23)20(12)28-21/h3,5-6,13-14,16,19,23H,4,7-11H2,1-2H3,(H,25,26)/t13-,14-,16-,19+/m1/s1. The highest BCUT2D eigenvalue weighted by Gasteiger charge is 2.54. The summed E-state index contributed by atoms with van der Waals surface area (Å²) in [6.45, 7) is 4.63. The summed E-state index contributed by atoms with van der Waals surface area (Å²) in [4.78, 5) is 25.2. The molecule has 0 aromatic heterocycles. The Morgan fingerprint density at radius 1 is 1.29 bits per heavy atom. The van der Waals surface area contributed by atoms with Crippen LogP contribution in [0.15, 0.2) is 18.2 Å². The number of carbonyl (C=O) groups excluding carboxylic acids is 1. The maximum absolute atomic E-state index is 12.7. The number of benzene rings is 1. The van der Waals surface area contributed by atoms with Crippen LogP contribution in [0.3, 0.4) is 0 Å². The first-order chi connectivity index (χ1) is 13.3. The molecule has 3 aliphatic heterocycles. The number of likely N-dealkylation sites (tertiary alicyclic amines) is 1. The van der Waals surface area contributed by atoms with Gasteiger partial charge in [-0.25, -0.2) is 0 Å². The molecule has 1 aromatic carbocycles. The molecule has 7 nitrogen and oxygen atoms in total. The summed E-state index contributed by atoms with van der Waals surface area (Å²) >= 11 is 0. The monoisotopic (exact) mass is 389 g/mol. The second kappa shape index (κ2) is 6.95. The predicted octanol–water partition coefficient (Wildman–Crippen LogP) is 2.87. The smallest absolute Gasteiger partial charge is 0.303 e. The Balaban J connectivity index is 1.54. The molecular weight excluding hydrogens is 362 g/mol. The topological polar surface area (TPSA) is 96.3 Å². The van der Waals surface area contributed by atoms with E-state index in [1.165, 1.54) is 0 Å². The van der Waals surface area contributed by atoms with Crippen molar-refractivity contribution in [1.29, 1.82) is 0 Å². The molecule has 0 saturated carbocycles. The van der Waals surface area contributed by atoms with Gasteiger partial charge in [0.25, 0.3) is 0 Å². The van der Waals surface area contributed by atoms with E-state index in [4.69, 9.17) is 14.6 Å². The van der Waals surface area contributed by atoms with Gasteiger partial charge < -0.3 is 24.6 Å². The fourth-order valence-electron chi connectivity index (χ4n) is 4.93. The maximum atomic E-state index is 12.7. The number of carboxylic acid groups (broad SMARTS) is 1. The molecule has 0 unspecified atom stereocenters. The molecule has 0 bridgehead atoms. The third kappa shape index (κ3) is 3.21. The van der Waals surface area contributed by atoms with E-state index in [0.717, 1.165) is 18.4 Å². The number of phenolic OH excluding ortho intramolecular Hbond substituents is 1. The first-order valence-electron chi connectivity index (χ1n) is 9.95. The number of amides is 1. The van der Waals surface area contributed by atoms with Crippen molar-refractivity contribution in [2.75, 3.05) is 6.54 Å². The van der Waals surface area contributed by atoms with Gasteiger partial charge in [-0.3, -0.25) is 9.59 Å². The van der Waals surface area contributed by atoms with Crippen LogP contribution in [0.5, 0.6) is 11.5 Å². The summed E-state index contributed by atoms with van der Waals surface area (Å²) < 4.78 is 12.6. The van der Waals surface area contributed by atoms with Gasteiger partial charge in [-0.15, -0.1) is 0 Å². The molecule has 0 spiro atoms.